The summed E-state index contributed by atoms with van der Waals surface area (Å²) in [6.45, 7) is 4.95. The Hall–Kier alpha value is -2.32. The lowest BCUT2D eigenvalue weighted by atomic mass is 10.1. The van der Waals surface area contributed by atoms with Crippen LogP contribution in [0.4, 0.5) is 0 Å². The molecule has 0 radical (unpaired) electrons. The van der Waals surface area contributed by atoms with E-state index in [4.69, 9.17) is 18.6 Å². The monoisotopic (exact) mass is 415 g/mol. The van der Waals surface area contributed by atoms with Gasteiger partial charge in [-0.25, -0.2) is 0 Å². The van der Waals surface area contributed by atoms with Gasteiger partial charge in [0.2, 0.25) is 6.79 Å². The largest absolute Gasteiger partial charge is 0.467 e. The molecule has 1 atom stereocenters. The number of fused-ring (bicyclic) bond motifs is 1. The molecule has 154 valence electrons. The highest BCUT2D eigenvalue weighted by atomic mass is 32.1. The van der Waals surface area contributed by atoms with E-state index in [0.29, 0.717) is 19.7 Å². The van der Waals surface area contributed by atoms with Gasteiger partial charge < -0.3 is 23.7 Å². The van der Waals surface area contributed by atoms with E-state index in [-0.39, 0.29) is 13.4 Å². The summed E-state index contributed by atoms with van der Waals surface area (Å²) >= 11 is 1.78. The van der Waals surface area contributed by atoms with Crippen molar-refractivity contribution in [2.45, 2.75) is 32.7 Å². The number of aliphatic hydroxyl groups excluding tert-OH is 1. The Morgan fingerprint density at radius 2 is 2.03 bits per heavy atom. The van der Waals surface area contributed by atoms with Crippen molar-refractivity contribution in [3.63, 3.8) is 0 Å². The lowest BCUT2D eigenvalue weighted by molar-refractivity contribution is 0.00267. The molecule has 1 aliphatic heterocycles. The van der Waals surface area contributed by atoms with Gasteiger partial charge in [0, 0.05) is 29.4 Å². The minimum atomic E-state index is -0.597. The highest BCUT2D eigenvalue weighted by Crippen LogP contribution is 2.33. The fourth-order valence-corrected chi connectivity index (χ4v) is 4.25. The van der Waals surface area contributed by atoms with Crippen molar-refractivity contribution >= 4 is 11.3 Å². The van der Waals surface area contributed by atoms with Crippen molar-refractivity contribution in [1.82, 2.24) is 4.90 Å². The number of aryl methyl sites for hydroxylation is 1. The standard InChI is InChI=1S/C22H25NO5S/c1-16-4-6-20(29-16)12-23(10-17-5-7-21-22(9-17)28-15-27-21)11-18(24)13-25-14-19-3-2-8-26-19/h2-9,18,24H,10-15H2,1H3/t18-/m0/s1. The van der Waals surface area contributed by atoms with Gasteiger partial charge in [0.25, 0.3) is 0 Å². The number of hydrogen-bond acceptors (Lipinski definition) is 7. The molecule has 1 aromatic carbocycles. The van der Waals surface area contributed by atoms with Crippen LogP contribution in [0.5, 0.6) is 11.5 Å². The van der Waals surface area contributed by atoms with E-state index in [0.717, 1.165) is 29.4 Å². The van der Waals surface area contributed by atoms with Crippen LogP contribution in [-0.4, -0.2) is 36.1 Å². The quantitative estimate of drug-likeness (QED) is 0.541. The summed E-state index contributed by atoms with van der Waals surface area (Å²) in [5.41, 5.74) is 1.12. The van der Waals surface area contributed by atoms with Crippen LogP contribution in [-0.2, 0) is 24.4 Å². The Morgan fingerprint density at radius 3 is 2.83 bits per heavy atom. The fourth-order valence-electron chi connectivity index (χ4n) is 3.31. The second-order valence-electron chi connectivity index (χ2n) is 7.12. The van der Waals surface area contributed by atoms with E-state index in [2.05, 4.69) is 24.0 Å². The van der Waals surface area contributed by atoms with Crippen LogP contribution in [0.3, 0.4) is 0 Å². The van der Waals surface area contributed by atoms with E-state index in [1.54, 1.807) is 17.6 Å². The van der Waals surface area contributed by atoms with Gasteiger partial charge in [-0.1, -0.05) is 6.07 Å². The zero-order valence-electron chi connectivity index (χ0n) is 16.4. The predicted octanol–water partition coefficient (Wildman–Crippen LogP) is 3.96. The lowest BCUT2D eigenvalue weighted by Gasteiger charge is -2.25. The topological polar surface area (TPSA) is 64.3 Å². The zero-order chi connectivity index (χ0) is 20.1. The maximum atomic E-state index is 10.5. The predicted molar refractivity (Wildman–Crippen MR) is 110 cm³/mol. The van der Waals surface area contributed by atoms with Crippen molar-refractivity contribution in [1.29, 1.82) is 0 Å². The van der Waals surface area contributed by atoms with Crippen molar-refractivity contribution in [3.05, 3.63) is 69.8 Å². The summed E-state index contributed by atoms with van der Waals surface area (Å²) in [6, 6.07) is 13.9. The molecule has 0 saturated heterocycles. The SMILES string of the molecule is Cc1ccc(CN(Cc2ccc3c(c2)OCO3)C[C@H](O)COCc2ccco2)s1. The van der Waals surface area contributed by atoms with Crippen LogP contribution in [0.1, 0.15) is 21.1 Å². The molecule has 1 N–H and O–H groups in total. The molecule has 3 heterocycles. The van der Waals surface area contributed by atoms with Crippen LogP contribution in [0.2, 0.25) is 0 Å². The molecule has 7 heteroatoms. The third kappa shape index (κ3) is 5.61. The molecule has 0 aliphatic carbocycles. The minimum absolute atomic E-state index is 0.252. The van der Waals surface area contributed by atoms with Gasteiger partial charge in [-0.05, 0) is 48.9 Å². The first kappa shape index (κ1) is 20.0. The average Bonchev–Trinajstić information content (AvgIpc) is 3.44. The van der Waals surface area contributed by atoms with Crippen LogP contribution in [0, 0.1) is 6.92 Å². The number of thiophene rings is 1. The Bertz CT molecular complexity index is 908. The number of rotatable bonds is 10. The molecule has 6 nitrogen and oxygen atoms in total. The summed E-state index contributed by atoms with van der Waals surface area (Å²) < 4.78 is 21.7. The van der Waals surface area contributed by atoms with Gasteiger partial charge in [-0.3, -0.25) is 4.90 Å². The van der Waals surface area contributed by atoms with Gasteiger partial charge in [0.05, 0.1) is 19.0 Å². The van der Waals surface area contributed by atoms with Crippen molar-refractivity contribution in [2.24, 2.45) is 0 Å². The minimum Gasteiger partial charge on any atom is -0.467 e. The van der Waals surface area contributed by atoms with Crippen LogP contribution < -0.4 is 9.47 Å². The van der Waals surface area contributed by atoms with Crippen molar-refractivity contribution in [2.75, 3.05) is 19.9 Å². The lowest BCUT2D eigenvalue weighted by Crippen LogP contribution is -2.34. The Labute approximate surface area is 174 Å². The van der Waals surface area contributed by atoms with E-state index >= 15 is 0 Å². The molecule has 0 fully saturated rings. The second-order valence-corrected chi connectivity index (χ2v) is 8.49. The maximum absolute atomic E-state index is 10.5. The molecular formula is C22H25NO5S. The smallest absolute Gasteiger partial charge is 0.231 e. The number of furan rings is 1. The fraction of sp³-hybridized carbons (Fsp3) is 0.364. The van der Waals surface area contributed by atoms with Crippen LogP contribution in [0.15, 0.2) is 53.1 Å². The molecule has 3 aromatic rings. The van der Waals surface area contributed by atoms with E-state index in [1.165, 1.54) is 9.75 Å². The molecule has 1 aliphatic rings. The summed E-state index contributed by atoms with van der Waals surface area (Å²) in [7, 11) is 0. The third-order valence-electron chi connectivity index (χ3n) is 4.62. The summed E-state index contributed by atoms with van der Waals surface area (Å²) in [6.07, 6.45) is 1.02. The second kappa shape index (κ2) is 9.45. The first-order valence-corrected chi connectivity index (χ1v) is 10.4. The van der Waals surface area contributed by atoms with E-state index < -0.39 is 6.10 Å². The normalized spacial score (nSPS) is 13.9. The Balaban J connectivity index is 1.37. The summed E-state index contributed by atoms with van der Waals surface area (Å²) in [5.74, 6) is 2.31. The third-order valence-corrected chi connectivity index (χ3v) is 5.61. The van der Waals surface area contributed by atoms with Gasteiger partial charge in [0.15, 0.2) is 11.5 Å². The number of aliphatic hydroxyl groups is 1. The van der Waals surface area contributed by atoms with E-state index in [1.807, 2.05) is 30.3 Å². The number of hydrogen-bond donors (Lipinski definition) is 1. The maximum Gasteiger partial charge on any atom is 0.231 e. The van der Waals surface area contributed by atoms with Gasteiger partial charge in [-0.2, -0.15) is 0 Å². The summed E-state index contributed by atoms with van der Waals surface area (Å²) in [4.78, 5) is 4.78. The zero-order valence-corrected chi connectivity index (χ0v) is 17.2. The number of ether oxygens (including phenoxy) is 3. The molecule has 0 unspecified atom stereocenters. The van der Waals surface area contributed by atoms with Crippen LogP contribution >= 0.6 is 11.3 Å². The Morgan fingerprint density at radius 1 is 1.14 bits per heavy atom. The Kier molecular flexibility index (Phi) is 6.51. The van der Waals surface area contributed by atoms with Gasteiger partial charge in [0.1, 0.15) is 12.4 Å². The van der Waals surface area contributed by atoms with Crippen molar-refractivity contribution in [3.8, 4) is 11.5 Å². The molecule has 0 bridgehead atoms. The molecule has 0 spiro atoms. The van der Waals surface area contributed by atoms with Gasteiger partial charge >= 0.3 is 0 Å². The summed E-state index contributed by atoms with van der Waals surface area (Å²) in [5, 5.41) is 10.5. The molecule has 0 amide bonds. The van der Waals surface area contributed by atoms with E-state index in [9.17, 15) is 5.11 Å². The average molecular weight is 416 g/mol. The van der Waals surface area contributed by atoms with Gasteiger partial charge in [-0.15, -0.1) is 11.3 Å². The number of benzene rings is 1. The molecule has 2 aromatic heterocycles. The first-order valence-electron chi connectivity index (χ1n) is 9.60. The van der Waals surface area contributed by atoms with Crippen molar-refractivity contribution < 1.29 is 23.7 Å². The molecule has 29 heavy (non-hydrogen) atoms. The van der Waals surface area contributed by atoms with Crippen LogP contribution in [0.25, 0.3) is 0 Å². The molecular weight excluding hydrogens is 390 g/mol. The highest BCUT2D eigenvalue weighted by molar-refractivity contribution is 7.11. The molecule has 0 saturated carbocycles. The highest BCUT2D eigenvalue weighted by Gasteiger charge is 2.17. The number of nitrogens with zero attached hydrogens (tertiary/aromatic N) is 1. The molecule has 4 rings (SSSR count). The first-order chi connectivity index (χ1) is 14.2.